The first-order valence-electron chi connectivity index (χ1n) is 17.5. The Bertz CT molecular complexity index is 2070. The summed E-state index contributed by atoms with van der Waals surface area (Å²) in [6.45, 7) is 0.916. The van der Waals surface area contributed by atoms with Crippen LogP contribution in [0.2, 0.25) is 10.0 Å². The Morgan fingerprint density at radius 2 is 1.16 bits per heavy atom. The second-order valence-electron chi connectivity index (χ2n) is 12.7. The number of hydrogen-bond donors (Lipinski definition) is 4. The van der Waals surface area contributed by atoms with Crippen LogP contribution in [0.4, 0.5) is 20.2 Å². The van der Waals surface area contributed by atoms with E-state index in [0.29, 0.717) is 36.1 Å². The zero-order valence-corrected chi connectivity index (χ0v) is 35.7. The molecule has 0 bridgehead atoms. The molecule has 0 unspecified atom stereocenters. The van der Waals surface area contributed by atoms with Crippen LogP contribution in [-0.4, -0.2) is 99.8 Å². The van der Waals surface area contributed by atoms with Gasteiger partial charge in [0.2, 0.25) is 11.8 Å². The third-order valence-electron chi connectivity index (χ3n) is 8.75. The van der Waals surface area contributed by atoms with E-state index in [-0.39, 0.29) is 47.4 Å². The number of rotatable bonds is 14. The van der Waals surface area contributed by atoms with Crippen LogP contribution in [0, 0.1) is 11.6 Å². The Balaban J connectivity index is 0.000000221. The Morgan fingerprint density at radius 3 is 1.48 bits per heavy atom. The molecule has 4 aromatic rings. The third-order valence-corrected chi connectivity index (χ3v) is 14.4. The highest BCUT2D eigenvalue weighted by Crippen LogP contribution is 2.33. The molecule has 2 aliphatic rings. The standard InChI is InChI=1S/2C17H20ClFN4O4S2/c2*1-27-7-2-6-23-15(16(24)21-11-3-4-13(19)12(18)9-11)10-14(22-29(23,25)26)17-20-5-8-28-17/h2*3-5,8-9,14-15,22H,2,6-7,10H2,1H3,(H,21,24)/t2*14-,15+/m10/s1. The number of carbonyl (C=O) groups is 2. The van der Waals surface area contributed by atoms with Crippen LogP contribution in [0.5, 0.6) is 0 Å². The molecular formula is C34H40Cl2F2N8O8S4. The van der Waals surface area contributed by atoms with Gasteiger partial charge in [-0.25, -0.2) is 18.7 Å². The molecule has 316 valence electrons. The zero-order valence-electron chi connectivity index (χ0n) is 30.9. The number of ether oxygens (including phenoxy) is 2. The van der Waals surface area contributed by atoms with Crippen molar-refractivity contribution in [3.8, 4) is 0 Å². The van der Waals surface area contributed by atoms with E-state index in [1.807, 2.05) is 0 Å². The smallest absolute Gasteiger partial charge is 0.280 e. The topological polar surface area (TPSA) is 201 Å². The molecule has 4 heterocycles. The van der Waals surface area contributed by atoms with Crippen molar-refractivity contribution in [1.29, 1.82) is 0 Å². The number of amides is 2. The number of methoxy groups -OCH3 is 2. The number of nitrogens with one attached hydrogen (secondary N) is 4. The zero-order chi connectivity index (χ0) is 42.0. The van der Waals surface area contributed by atoms with Gasteiger partial charge in [-0.1, -0.05) is 23.2 Å². The van der Waals surface area contributed by atoms with E-state index in [1.54, 1.807) is 23.2 Å². The summed E-state index contributed by atoms with van der Waals surface area (Å²) < 4.78 is 95.6. The second-order valence-corrected chi connectivity index (χ2v) is 18.7. The van der Waals surface area contributed by atoms with Gasteiger partial charge in [0.1, 0.15) is 33.7 Å². The number of thiazole rings is 2. The lowest BCUT2D eigenvalue weighted by atomic mass is 10.1. The van der Waals surface area contributed by atoms with Gasteiger partial charge < -0.3 is 20.1 Å². The summed E-state index contributed by atoms with van der Waals surface area (Å²) in [7, 11) is -4.83. The lowest BCUT2D eigenvalue weighted by Crippen LogP contribution is -2.58. The lowest BCUT2D eigenvalue weighted by Gasteiger charge is -2.37. The van der Waals surface area contributed by atoms with Crippen molar-refractivity contribution < 1.29 is 44.7 Å². The van der Waals surface area contributed by atoms with E-state index in [4.69, 9.17) is 32.7 Å². The number of carbonyl (C=O) groups excluding carboxylic acids is 2. The second kappa shape index (κ2) is 20.8. The summed E-state index contributed by atoms with van der Waals surface area (Å²) in [5, 5.41) is 9.62. The molecule has 0 spiro atoms. The first kappa shape index (κ1) is 45.8. The van der Waals surface area contributed by atoms with Crippen LogP contribution in [-0.2, 0) is 39.5 Å². The van der Waals surface area contributed by atoms with E-state index in [1.165, 1.54) is 61.2 Å². The molecule has 0 saturated carbocycles. The summed E-state index contributed by atoms with van der Waals surface area (Å²) in [6, 6.07) is 4.35. The van der Waals surface area contributed by atoms with Gasteiger partial charge in [-0.3, -0.25) is 9.59 Å². The van der Waals surface area contributed by atoms with Crippen molar-refractivity contribution in [2.24, 2.45) is 0 Å². The fraction of sp³-hybridized carbons (Fsp3) is 0.412. The highest BCUT2D eigenvalue weighted by atomic mass is 35.5. The molecule has 2 aromatic carbocycles. The molecule has 6 rings (SSSR count). The summed E-state index contributed by atoms with van der Waals surface area (Å²) >= 11 is 14.2. The number of halogens is 4. The molecule has 2 aromatic heterocycles. The Hall–Kier alpha value is -3.26. The molecule has 2 saturated heterocycles. The van der Waals surface area contributed by atoms with E-state index in [2.05, 4.69) is 30.0 Å². The monoisotopic (exact) mass is 924 g/mol. The maximum Gasteiger partial charge on any atom is 0.280 e. The lowest BCUT2D eigenvalue weighted by molar-refractivity contribution is -0.121. The van der Waals surface area contributed by atoms with Crippen molar-refractivity contribution >= 4 is 89.5 Å². The van der Waals surface area contributed by atoms with Crippen molar-refractivity contribution in [2.45, 2.75) is 49.9 Å². The highest BCUT2D eigenvalue weighted by molar-refractivity contribution is 7.87. The maximum atomic E-state index is 13.4. The van der Waals surface area contributed by atoms with Crippen LogP contribution in [0.3, 0.4) is 0 Å². The number of anilines is 2. The average Bonchev–Trinajstić information content (AvgIpc) is 3.92. The quantitative estimate of drug-likeness (QED) is 0.123. The number of benzene rings is 2. The first-order chi connectivity index (χ1) is 27.6. The molecule has 0 radical (unpaired) electrons. The fourth-order valence-corrected chi connectivity index (χ4v) is 11.2. The van der Waals surface area contributed by atoms with Crippen LogP contribution < -0.4 is 20.1 Å². The fourth-order valence-electron chi connectivity index (χ4n) is 6.08. The minimum absolute atomic E-state index is 0.107. The summed E-state index contributed by atoms with van der Waals surface area (Å²) in [4.78, 5) is 34.3. The van der Waals surface area contributed by atoms with Crippen LogP contribution in [0.15, 0.2) is 59.6 Å². The molecule has 2 fully saturated rings. The maximum absolute atomic E-state index is 13.4. The van der Waals surface area contributed by atoms with Gasteiger partial charge in [0.25, 0.3) is 20.4 Å². The normalized spacial score (nSPS) is 21.8. The molecule has 58 heavy (non-hydrogen) atoms. The molecule has 24 heteroatoms. The Morgan fingerprint density at radius 1 is 0.759 bits per heavy atom. The summed E-state index contributed by atoms with van der Waals surface area (Å²) in [5.41, 5.74) is 0.556. The minimum Gasteiger partial charge on any atom is -0.385 e. The highest BCUT2D eigenvalue weighted by Gasteiger charge is 2.44. The minimum atomic E-state index is -3.93. The summed E-state index contributed by atoms with van der Waals surface area (Å²) in [6.07, 6.45) is 4.39. The average molecular weight is 926 g/mol. The van der Waals surface area contributed by atoms with Crippen LogP contribution in [0.1, 0.15) is 47.8 Å². The number of aromatic nitrogens is 2. The molecule has 16 nitrogen and oxygen atoms in total. The summed E-state index contributed by atoms with van der Waals surface area (Å²) in [5.74, 6) is -2.29. The van der Waals surface area contributed by atoms with Crippen molar-refractivity contribution in [3.63, 3.8) is 0 Å². The molecular weight excluding hydrogens is 886 g/mol. The van der Waals surface area contributed by atoms with E-state index in [0.717, 1.165) is 20.7 Å². The van der Waals surface area contributed by atoms with Gasteiger partial charge in [0.05, 0.1) is 22.1 Å². The molecule has 2 aliphatic heterocycles. The molecule has 2 amide bonds. The number of nitrogens with zero attached hydrogens (tertiary/aromatic N) is 4. The molecule has 0 aliphatic carbocycles. The largest absolute Gasteiger partial charge is 0.385 e. The van der Waals surface area contributed by atoms with Gasteiger partial charge in [0, 0.05) is 75.1 Å². The van der Waals surface area contributed by atoms with Gasteiger partial charge in [-0.15, -0.1) is 22.7 Å². The van der Waals surface area contributed by atoms with Crippen molar-refractivity contribution in [3.05, 3.63) is 91.2 Å². The molecule has 4 atom stereocenters. The van der Waals surface area contributed by atoms with Crippen LogP contribution >= 0.6 is 45.9 Å². The Kier molecular flexibility index (Phi) is 16.4. The first-order valence-corrected chi connectivity index (χ1v) is 22.9. The van der Waals surface area contributed by atoms with Crippen molar-refractivity contribution in [2.75, 3.05) is 51.2 Å². The Labute approximate surface area is 352 Å². The predicted molar refractivity (Wildman–Crippen MR) is 217 cm³/mol. The van der Waals surface area contributed by atoms with Gasteiger partial charge in [-0.05, 0) is 62.1 Å². The molecule has 4 N–H and O–H groups in total. The van der Waals surface area contributed by atoms with E-state index < -0.39 is 68.0 Å². The van der Waals surface area contributed by atoms with Gasteiger partial charge in [0.15, 0.2) is 0 Å². The third kappa shape index (κ3) is 11.9. The van der Waals surface area contributed by atoms with Crippen LogP contribution in [0.25, 0.3) is 0 Å². The predicted octanol–water partition coefficient (Wildman–Crippen LogP) is 5.12. The van der Waals surface area contributed by atoms with Gasteiger partial charge >= 0.3 is 0 Å². The SMILES string of the molecule is COCCCN1[C@@H](C(=O)Nc2ccc(F)c(Cl)c2)C[C@@H](c2nccs2)NS1(=O)=O.COCCCN1[C@H](C(=O)Nc2ccc(F)c(Cl)c2)C[C@H](c2nccs2)NS1(=O)=O. The van der Waals surface area contributed by atoms with E-state index >= 15 is 0 Å². The van der Waals surface area contributed by atoms with Gasteiger partial charge in [-0.2, -0.15) is 34.9 Å². The van der Waals surface area contributed by atoms with Crippen molar-refractivity contribution in [1.82, 2.24) is 28.0 Å². The van der Waals surface area contributed by atoms with E-state index in [9.17, 15) is 35.2 Å². The number of hydrogen-bond acceptors (Lipinski definition) is 12.